The second-order valence-electron chi connectivity index (χ2n) is 3.50. The second kappa shape index (κ2) is 5.15. The molecule has 0 aromatic heterocycles. The van der Waals surface area contributed by atoms with Gasteiger partial charge in [-0.15, -0.1) is 0 Å². The van der Waals surface area contributed by atoms with Crippen LogP contribution in [0.4, 0.5) is 5.69 Å². The summed E-state index contributed by atoms with van der Waals surface area (Å²) in [5, 5.41) is 10.6. The van der Waals surface area contributed by atoms with Crippen molar-refractivity contribution in [2.75, 3.05) is 24.9 Å². The predicted octanol–water partition coefficient (Wildman–Crippen LogP) is -0.951. The third kappa shape index (κ3) is 3.18. The molecule has 1 aromatic carbocycles. The number of carboxylic acids is 1. The molecule has 0 unspecified atom stereocenters. The zero-order chi connectivity index (χ0) is 13.1. The van der Waals surface area contributed by atoms with Crippen LogP contribution in [0.3, 0.4) is 0 Å². The van der Waals surface area contributed by atoms with Crippen LogP contribution in [0.2, 0.25) is 0 Å². The molecule has 0 amide bonds. The van der Waals surface area contributed by atoms with Crippen LogP contribution in [0.1, 0.15) is 0 Å². The van der Waals surface area contributed by atoms with Gasteiger partial charge in [0.2, 0.25) is 0 Å². The van der Waals surface area contributed by atoms with Crippen molar-refractivity contribution in [2.24, 2.45) is 0 Å². The summed E-state index contributed by atoms with van der Waals surface area (Å²) in [6, 6.07) is 8.00. The van der Waals surface area contributed by atoms with Gasteiger partial charge in [0.15, 0.2) is 0 Å². The smallest absolute Gasteiger partial charge is 0.303 e. The lowest BCUT2D eigenvalue weighted by Gasteiger charge is -2.27. The normalized spacial score (nSPS) is 11.5. The minimum atomic E-state index is -3.84. The Morgan fingerprint density at radius 3 is 2.18 bits per heavy atom. The van der Waals surface area contributed by atoms with Gasteiger partial charge in [-0.3, -0.25) is 4.31 Å². The molecule has 0 N–H and O–H groups in total. The van der Waals surface area contributed by atoms with Crippen LogP contribution in [-0.2, 0) is 15.0 Å². The molecule has 0 aliphatic carbocycles. The summed E-state index contributed by atoms with van der Waals surface area (Å²) in [5.74, 6) is -1.46. The van der Waals surface area contributed by atoms with Crippen molar-refractivity contribution in [3.8, 4) is 0 Å². The van der Waals surface area contributed by atoms with Gasteiger partial charge in [0.1, 0.15) is 0 Å². The average molecular weight is 257 g/mol. The van der Waals surface area contributed by atoms with Crippen LogP contribution in [0.5, 0.6) is 0 Å². The van der Waals surface area contributed by atoms with E-state index in [0.29, 0.717) is 0 Å². The molecule has 0 spiro atoms. The number of hydrogen-bond acceptors (Lipinski definition) is 4. The molecule has 0 saturated carbocycles. The first-order valence-electron chi connectivity index (χ1n) is 4.81. The van der Waals surface area contributed by atoms with E-state index in [1.165, 1.54) is 26.2 Å². The van der Waals surface area contributed by atoms with E-state index in [0.717, 1.165) is 8.61 Å². The molecule has 0 saturated heterocycles. The Labute approximate surface area is 100 Å². The Kier molecular flexibility index (Phi) is 4.08. The monoisotopic (exact) mass is 257 g/mol. The summed E-state index contributed by atoms with van der Waals surface area (Å²) in [5.41, 5.74) is 0.283. The van der Waals surface area contributed by atoms with E-state index in [4.69, 9.17) is 0 Å². The molecule has 0 heterocycles. The minimum Gasteiger partial charge on any atom is -0.548 e. The Morgan fingerprint density at radius 2 is 1.76 bits per heavy atom. The van der Waals surface area contributed by atoms with Gasteiger partial charge >= 0.3 is 10.2 Å². The van der Waals surface area contributed by atoms with Crippen LogP contribution in [-0.4, -0.2) is 39.3 Å². The Bertz CT molecular complexity index is 484. The van der Waals surface area contributed by atoms with Gasteiger partial charge in [-0.2, -0.15) is 12.7 Å². The van der Waals surface area contributed by atoms with Gasteiger partial charge in [0.05, 0.1) is 18.2 Å². The fourth-order valence-corrected chi connectivity index (χ4v) is 2.27. The highest BCUT2D eigenvalue weighted by molar-refractivity contribution is 7.90. The number of nitrogens with zero attached hydrogens (tertiary/aromatic N) is 2. The Balaban J connectivity index is 3.19. The first kappa shape index (κ1) is 13.5. The lowest BCUT2D eigenvalue weighted by atomic mass is 10.3. The van der Waals surface area contributed by atoms with E-state index in [1.54, 1.807) is 18.2 Å². The fourth-order valence-electron chi connectivity index (χ4n) is 1.21. The number of carbonyl (C=O) groups is 1. The van der Waals surface area contributed by atoms with Crippen molar-refractivity contribution in [3.05, 3.63) is 30.3 Å². The minimum absolute atomic E-state index is 0.283. The van der Waals surface area contributed by atoms with Gasteiger partial charge in [0.25, 0.3) is 0 Å². The standard InChI is InChI=1S/C10H14N2O4S/c1-11(2)17(15,16)12(8-10(13)14)9-6-4-3-5-7-9/h3-7H,8H2,1-2H3,(H,13,14)/p-1. The predicted molar refractivity (Wildman–Crippen MR) is 61.4 cm³/mol. The molecule has 0 bridgehead atoms. The fraction of sp³-hybridized carbons (Fsp3) is 0.300. The molecular formula is C10H13N2O4S-. The van der Waals surface area contributed by atoms with E-state index < -0.39 is 22.7 Å². The van der Waals surface area contributed by atoms with Crippen LogP contribution in [0.15, 0.2) is 30.3 Å². The number of anilines is 1. The summed E-state index contributed by atoms with van der Waals surface area (Å²) in [4.78, 5) is 10.6. The average Bonchev–Trinajstić information content (AvgIpc) is 2.26. The van der Waals surface area contributed by atoms with Crippen molar-refractivity contribution in [1.29, 1.82) is 0 Å². The number of hydrogen-bond donors (Lipinski definition) is 0. The highest BCUT2D eigenvalue weighted by Gasteiger charge is 2.24. The summed E-state index contributed by atoms with van der Waals surface area (Å²) in [6.45, 7) is -0.718. The SMILES string of the molecule is CN(C)S(=O)(=O)N(CC(=O)[O-])c1ccccc1. The maximum absolute atomic E-state index is 11.9. The van der Waals surface area contributed by atoms with Crippen LogP contribution in [0.25, 0.3) is 0 Å². The van der Waals surface area contributed by atoms with Crippen LogP contribution < -0.4 is 9.41 Å². The van der Waals surface area contributed by atoms with E-state index in [2.05, 4.69) is 0 Å². The number of rotatable bonds is 5. The first-order valence-corrected chi connectivity index (χ1v) is 6.20. The van der Waals surface area contributed by atoms with Crippen LogP contribution >= 0.6 is 0 Å². The van der Waals surface area contributed by atoms with Crippen molar-refractivity contribution >= 4 is 21.9 Å². The van der Waals surface area contributed by atoms with Crippen molar-refractivity contribution in [1.82, 2.24) is 4.31 Å². The molecule has 0 fully saturated rings. The van der Waals surface area contributed by atoms with E-state index >= 15 is 0 Å². The third-order valence-corrected chi connectivity index (χ3v) is 3.88. The molecule has 6 nitrogen and oxygen atoms in total. The summed E-state index contributed by atoms with van der Waals surface area (Å²) >= 11 is 0. The van der Waals surface area contributed by atoms with Crippen molar-refractivity contribution in [3.63, 3.8) is 0 Å². The van der Waals surface area contributed by atoms with Gasteiger partial charge in [-0.05, 0) is 12.1 Å². The largest absolute Gasteiger partial charge is 0.548 e. The van der Waals surface area contributed by atoms with Crippen LogP contribution in [0, 0.1) is 0 Å². The Hall–Kier alpha value is -1.60. The molecule has 94 valence electrons. The molecule has 0 aliphatic rings. The van der Waals surface area contributed by atoms with E-state index in [-0.39, 0.29) is 5.69 Å². The van der Waals surface area contributed by atoms with Gasteiger partial charge in [-0.1, -0.05) is 18.2 Å². The number of aliphatic carboxylic acids is 1. The molecule has 17 heavy (non-hydrogen) atoms. The zero-order valence-electron chi connectivity index (χ0n) is 9.53. The quantitative estimate of drug-likeness (QED) is 0.681. The second-order valence-corrected chi connectivity index (χ2v) is 5.57. The van der Waals surface area contributed by atoms with Crippen molar-refractivity contribution < 1.29 is 18.3 Å². The Morgan fingerprint density at radius 1 is 1.24 bits per heavy atom. The molecule has 1 rings (SSSR count). The zero-order valence-corrected chi connectivity index (χ0v) is 10.3. The summed E-state index contributed by atoms with van der Waals surface area (Å²) in [7, 11) is -1.17. The highest BCUT2D eigenvalue weighted by atomic mass is 32.2. The van der Waals surface area contributed by atoms with E-state index in [9.17, 15) is 18.3 Å². The highest BCUT2D eigenvalue weighted by Crippen LogP contribution is 2.18. The lowest BCUT2D eigenvalue weighted by molar-refractivity contribution is -0.303. The third-order valence-electron chi connectivity index (χ3n) is 2.06. The molecule has 0 atom stereocenters. The maximum atomic E-state index is 11.9. The van der Waals surface area contributed by atoms with Gasteiger partial charge in [0, 0.05) is 14.1 Å². The summed E-state index contributed by atoms with van der Waals surface area (Å²) in [6.07, 6.45) is 0. The molecule has 7 heteroatoms. The number of carbonyl (C=O) groups excluding carboxylic acids is 1. The maximum Gasteiger partial charge on any atom is 0.303 e. The van der Waals surface area contributed by atoms with E-state index in [1.807, 2.05) is 0 Å². The molecule has 1 aromatic rings. The van der Waals surface area contributed by atoms with Gasteiger partial charge < -0.3 is 9.90 Å². The first-order chi connectivity index (χ1) is 7.85. The molecule has 0 radical (unpaired) electrons. The van der Waals surface area contributed by atoms with Gasteiger partial charge in [-0.25, -0.2) is 0 Å². The molecule has 0 aliphatic heterocycles. The molecular weight excluding hydrogens is 244 g/mol. The lowest BCUT2D eigenvalue weighted by Crippen LogP contribution is -2.46. The summed E-state index contributed by atoms with van der Waals surface area (Å²) < 4.78 is 25.6. The van der Waals surface area contributed by atoms with Crippen molar-refractivity contribution in [2.45, 2.75) is 0 Å². The topological polar surface area (TPSA) is 80.8 Å². The number of benzene rings is 1. The number of carboxylic acid groups (broad SMARTS) is 1. The number of para-hydroxylation sites is 1.